The summed E-state index contributed by atoms with van der Waals surface area (Å²) >= 11 is 5.86. The number of aromatic nitrogens is 2. The minimum absolute atomic E-state index is 0.0520. The Morgan fingerprint density at radius 1 is 1.25 bits per heavy atom. The standard InChI is InChI=1S/C17H20ClFN4O/c1-13(23-12-15(18)10-20-23)17(24)22-8-6-21(7-9-22)11-14-2-4-16(19)5-3-14/h2-5,10,12-13H,6-9,11H2,1H3. The van der Waals surface area contributed by atoms with E-state index in [0.29, 0.717) is 18.1 Å². The third-order valence-corrected chi connectivity index (χ3v) is 4.52. The van der Waals surface area contributed by atoms with Gasteiger partial charge in [-0.1, -0.05) is 23.7 Å². The van der Waals surface area contributed by atoms with Gasteiger partial charge in [0.15, 0.2) is 0 Å². The lowest BCUT2D eigenvalue weighted by atomic mass is 10.2. The zero-order chi connectivity index (χ0) is 17.1. The summed E-state index contributed by atoms with van der Waals surface area (Å²) in [4.78, 5) is 16.7. The number of hydrogen-bond acceptors (Lipinski definition) is 3. The van der Waals surface area contributed by atoms with Crippen LogP contribution in [0.15, 0.2) is 36.7 Å². The molecule has 1 atom stereocenters. The largest absolute Gasteiger partial charge is 0.338 e. The maximum Gasteiger partial charge on any atom is 0.247 e. The van der Waals surface area contributed by atoms with Crippen LogP contribution in [0.4, 0.5) is 4.39 Å². The second-order valence-electron chi connectivity index (χ2n) is 6.04. The first kappa shape index (κ1) is 16.9. The Bertz CT molecular complexity index is 695. The minimum Gasteiger partial charge on any atom is -0.338 e. The molecule has 0 radical (unpaired) electrons. The van der Waals surface area contributed by atoms with Gasteiger partial charge < -0.3 is 4.90 Å². The molecule has 2 heterocycles. The average molecular weight is 351 g/mol. The second-order valence-corrected chi connectivity index (χ2v) is 6.48. The molecule has 0 aliphatic carbocycles. The summed E-state index contributed by atoms with van der Waals surface area (Å²) in [5, 5.41) is 4.63. The SMILES string of the molecule is CC(C(=O)N1CCN(Cc2ccc(F)cc2)CC1)n1cc(Cl)cn1. The highest BCUT2D eigenvalue weighted by Gasteiger charge is 2.26. The molecule has 7 heteroatoms. The van der Waals surface area contributed by atoms with Crippen LogP contribution in [0.3, 0.4) is 0 Å². The molecule has 0 spiro atoms. The van der Waals surface area contributed by atoms with Gasteiger partial charge in [-0.25, -0.2) is 4.39 Å². The molecule has 1 saturated heterocycles. The smallest absolute Gasteiger partial charge is 0.247 e. The molecular formula is C17H20ClFN4O. The van der Waals surface area contributed by atoms with Crippen LogP contribution in [0, 0.1) is 5.82 Å². The first-order valence-electron chi connectivity index (χ1n) is 7.98. The fourth-order valence-electron chi connectivity index (χ4n) is 2.88. The van der Waals surface area contributed by atoms with E-state index in [1.165, 1.54) is 18.3 Å². The molecule has 0 N–H and O–H groups in total. The van der Waals surface area contributed by atoms with Gasteiger partial charge in [0.2, 0.25) is 5.91 Å². The molecule has 3 rings (SSSR count). The van der Waals surface area contributed by atoms with Gasteiger partial charge in [0.1, 0.15) is 11.9 Å². The average Bonchev–Trinajstić information content (AvgIpc) is 3.03. The fraction of sp³-hybridized carbons (Fsp3) is 0.412. The van der Waals surface area contributed by atoms with E-state index < -0.39 is 0 Å². The normalized spacial score (nSPS) is 17.0. The number of piperazine rings is 1. The van der Waals surface area contributed by atoms with Gasteiger partial charge in [0.05, 0.1) is 11.2 Å². The van der Waals surface area contributed by atoms with Crippen molar-refractivity contribution in [3.63, 3.8) is 0 Å². The van der Waals surface area contributed by atoms with Crippen molar-refractivity contribution in [1.29, 1.82) is 0 Å². The Balaban J connectivity index is 1.52. The van der Waals surface area contributed by atoms with Gasteiger partial charge in [-0.15, -0.1) is 0 Å². The number of rotatable bonds is 4. The molecule has 1 aliphatic heterocycles. The van der Waals surface area contributed by atoms with E-state index in [9.17, 15) is 9.18 Å². The summed E-state index contributed by atoms with van der Waals surface area (Å²) in [5.74, 6) is -0.168. The van der Waals surface area contributed by atoms with E-state index in [2.05, 4.69) is 10.00 Å². The number of benzene rings is 1. The molecule has 128 valence electrons. The van der Waals surface area contributed by atoms with Crippen LogP contribution < -0.4 is 0 Å². The van der Waals surface area contributed by atoms with Crippen LogP contribution in [0.5, 0.6) is 0 Å². The Hall–Kier alpha value is -1.92. The number of carbonyl (C=O) groups is 1. The highest BCUT2D eigenvalue weighted by Crippen LogP contribution is 2.16. The fourth-order valence-corrected chi connectivity index (χ4v) is 3.02. The topological polar surface area (TPSA) is 41.4 Å². The minimum atomic E-state index is -0.360. The summed E-state index contributed by atoms with van der Waals surface area (Å²) in [6, 6.07) is 6.20. The van der Waals surface area contributed by atoms with E-state index in [4.69, 9.17) is 11.6 Å². The van der Waals surface area contributed by atoms with Crippen molar-refractivity contribution in [1.82, 2.24) is 19.6 Å². The van der Waals surface area contributed by atoms with Gasteiger partial charge >= 0.3 is 0 Å². The predicted octanol–water partition coefficient (Wildman–Crippen LogP) is 2.58. The molecule has 1 aromatic heterocycles. The summed E-state index contributed by atoms with van der Waals surface area (Å²) in [7, 11) is 0. The van der Waals surface area contributed by atoms with Gasteiger partial charge in [0, 0.05) is 38.9 Å². The summed E-state index contributed by atoms with van der Waals surface area (Å²) in [6.07, 6.45) is 3.20. The van der Waals surface area contributed by atoms with Crippen molar-refractivity contribution < 1.29 is 9.18 Å². The van der Waals surface area contributed by atoms with E-state index in [1.807, 2.05) is 11.8 Å². The maximum absolute atomic E-state index is 12.9. The van der Waals surface area contributed by atoms with E-state index in [-0.39, 0.29) is 17.8 Å². The summed E-state index contributed by atoms with van der Waals surface area (Å²) < 4.78 is 14.5. The quantitative estimate of drug-likeness (QED) is 0.851. The van der Waals surface area contributed by atoms with Crippen LogP contribution in [0.25, 0.3) is 0 Å². The summed E-state index contributed by atoms with van der Waals surface area (Å²) in [6.45, 7) is 5.56. The first-order valence-corrected chi connectivity index (χ1v) is 8.36. The van der Waals surface area contributed by atoms with Gasteiger partial charge in [-0.05, 0) is 24.6 Å². The number of amides is 1. The Morgan fingerprint density at radius 3 is 2.50 bits per heavy atom. The lowest BCUT2D eigenvalue weighted by molar-refractivity contribution is -0.136. The number of nitrogens with zero attached hydrogens (tertiary/aromatic N) is 4. The van der Waals surface area contributed by atoms with Gasteiger partial charge in [-0.3, -0.25) is 14.4 Å². The van der Waals surface area contributed by atoms with Gasteiger partial charge in [0.25, 0.3) is 0 Å². The van der Waals surface area contributed by atoms with Crippen LogP contribution in [0.1, 0.15) is 18.5 Å². The third kappa shape index (κ3) is 3.94. The molecule has 1 fully saturated rings. The lowest BCUT2D eigenvalue weighted by Gasteiger charge is -2.36. The van der Waals surface area contributed by atoms with Crippen LogP contribution in [-0.4, -0.2) is 51.7 Å². The summed E-state index contributed by atoms with van der Waals surface area (Å²) in [5.41, 5.74) is 1.08. The Kier molecular flexibility index (Phi) is 5.16. The lowest BCUT2D eigenvalue weighted by Crippen LogP contribution is -2.49. The Labute approximate surface area is 145 Å². The first-order chi connectivity index (χ1) is 11.5. The van der Waals surface area contributed by atoms with Crippen LogP contribution in [0.2, 0.25) is 5.02 Å². The van der Waals surface area contributed by atoms with Crippen molar-refractivity contribution in [2.75, 3.05) is 26.2 Å². The van der Waals surface area contributed by atoms with E-state index in [1.54, 1.807) is 23.0 Å². The zero-order valence-electron chi connectivity index (χ0n) is 13.5. The van der Waals surface area contributed by atoms with Crippen molar-refractivity contribution in [2.24, 2.45) is 0 Å². The zero-order valence-corrected chi connectivity index (χ0v) is 14.3. The van der Waals surface area contributed by atoms with Crippen molar-refractivity contribution in [3.05, 3.63) is 53.1 Å². The molecule has 1 aromatic carbocycles. The second kappa shape index (κ2) is 7.32. The van der Waals surface area contributed by atoms with Crippen LogP contribution in [-0.2, 0) is 11.3 Å². The monoisotopic (exact) mass is 350 g/mol. The highest BCUT2D eigenvalue weighted by molar-refractivity contribution is 6.30. The molecule has 5 nitrogen and oxygen atoms in total. The molecule has 0 bridgehead atoms. The Morgan fingerprint density at radius 2 is 1.92 bits per heavy atom. The molecule has 1 aliphatic rings. The van der Waals surface area contributed by atoms with Gasteiger partial charge in [-0.2, -0.15) is 5.10 Å². The molecular weight excluding hydrogens is 331 g/mol. The van der Waals surface area contributed by atoms with E-state index in [0.717, 1.165) is 25.2 Å². The predicted molar refractivity (Wildman–Crippen MR) is 90.2 cm³/mol. The number of hydrogen-bond donors (Lipinski definition) is 0. The molecule has 24 heavy (non-hydrogen) atoms. The number of carbonyl (C=O) groups excluding carboxylic acids is 1. The third-order valence-electron chi connectivity index (χ3n) is 4.33. The van der Waals surface area contributed by atoms with Crippen molar-refractivity contribution >= 4 is 17.5 Å². The molecule has 1 amide bonds. The molecule has 1 unspecified atom stereocenters. The molecule has 2 aromatic rings. The van der Waals surface area contributed by atoms with E-state index >= 15 is 0 Å². The van der Waals surface area contributed by atoms with Crippen molar-refractivity contribution in [3.8, 4) is 0 Å². The maximum atomic E-state index is 12.9. The molecule has 0 saturated carbocycles. The number of halogens is 2. The van der Waals surface area contributed by atoms with Crippen LogP contribution >= 0.6 is 11.6 Å². The van der Waals surface area contributed by atoms with Crippen molar-refractivity contribution in [2.45, 2.75) is 19.5 Å². The highest BCUT2D eigenvalue weighted by atomic mass is 35.5.